The van der Waals surface area contributed by atoms with Gasteiger partial charge in [-0.2, -0.15) is 0 Å². The third-order valence-electron chi connectivity index (χ3n) is 2.85. The molecule has 0 spiro atoms. The molecule has 2 atom stereocenters. The van der Waals surface area contributed by atoms with E-state index in [1.54, 1.807) is 17.6 Å². The fourth-order valence-corrected chi connectivity index (χ4v) is 2.80. The van der Waals surface area contributed by atoms with Crippen LogP contribution in [-0.2, 0) is 17.3 Å². The van der Waals surface area contributed by atoms with Gasteiger partial charge >= 0.3 is 0 Å². The molecule has 0 aliphatic heterocycles. The van der Waals surface area contributed by atoms with Crippen molar-refractivity contribution in [2.24, 2.45) is 0 Å². The zero-order valence-corrected chi connectivity index (χ0v) is 11.9. The highest BCUT2D eigenvalue weighted by molar-refractivity contribution is 7.84. The SMILES string of the molecule is Cc1nc2sccn2c1CNCC(C)S(C)=O. The maximum absolute atomic E-state index is 11.2. The molecule has 0 amide bonds. The van der Waals surface area contributed by atoms with E-state index in [2.05, 4.69) is 14.7 Å². The van der Waals surface area contributed by atoms with Gasteiger partial charge in [0.1, 0.15) is 0 Å². The highest BCUT2D eigenvalue weighted by Crippen LogP contribution is 2.16. The molecule has 94 valence electrons. The summed E-state index contributed by atoms with van der Waals surface area (Å²) in [5.41, 5.74) is 2.25. The van der Waals surface area contributed by atoms with Gasteiger partial charge in [0.15, 0.2) is 4.96 Å². The van der Waals surface area contributed by atoms with Crippen molar-refractivity contribution in [3.8, 4) is 0 Å². The maximum atomic E-state index is 11.2. The Kier molecular flexibility index (Phi) is 3.96. The largest absolute Gasteiger partial charge is 0.310 e. The first kappa shape index (κ1) is 12.7. The lowest BCUT2D eigenvalue weighted by Crippen LogP contribution is -2.27. The van der Waals surface area contributed by atoms with Gasteiger partial charge in [0.2, 0.25) is 0 Å². The van der Waals surface area contributed by atoms with Gasteiger partial charge in [-0.15, -0.1) is 11.3 Å². The Hall–Kier alpha value is -0.720. The Morgan fingerprint density at radius 1 is 1.65 bits per heavy atom. The Labute approximate surface area is 108 Å². The smallest absolute Gasteiger partial charge is 0.194 e. The summed E-state index contributed by atoms with van der Waals surface area (Å²) in [6.45, 7) is 5.55. The average molecular weight is 271 g/mol. The van der Waals surface area contributed by atoms with Crippen LogP contribution in [0.2, 0.25) is 0 Å². The summed E-state index contributed by atoms with van der Waals surface area (Å²) in [5, 5.41) is 5.56. The van der Waals surface area contributed by atoms with Gasteiger partial charge in [-0.3, -0.25) is 8.61 Å². The average Bonchev–Trinajstić information content (AvgIpc) is 2.80. The minimum atomic E-state index is -0.766. The van der Waals surface area contributed by atoms with Gasteiger partial charge in [-0.25, -0.2) is 4.98 Å². The van der Waals surface area contributed by atoms with Crippen LogP contribution < -0.4 is 5.32 Å². The van der Waals surface area contributed by atoms with Crippen molar-refractivity contribution in [2.75, 3.05) is 12.8 Å². The van der Waals surface area contributed by atoms with Crippen LogP contribution >= 0.6 is 11.3 Å². The summed E-state index contributed by atoms with van der Waals surface area (Å²) in [7, 11) is -0.766. The van der Waals surface area contributed by atoms with E-state index in [9.17, 15) is 4.21 Å². The van der Waals surface area contributed by atoms with Crippen LogP contribution in [0.25, 0.3) is 4.96 Å². The first-order valence-electron chi connectivity index (χ1n) is 5.53. The van der Waals surface area contributed by atoms with Crippen molar-refractivity contribution in [1.82, 2.24) is 14.7 Å². The third kappa shape index (κ3) is 2.75. The molecule has 0 saturated carbocycles. The summed E-state index contributed by atoms with van der Waals surface area (Å²) in [6, 6.07) is 0. The standard InChI is InChI=1S/C11H17N3OS2/c1-8(17(3)15)6-12-7-10-9(2)13-11-14(10)4-5-16-11/h4-5,8,12H,6-7H2,1-3H3. The van der Waals surface area contributed by atoms with Crippen molar-refractivity contribution in [3.63, 3.8) is 0 Å². The van der Waals surface area contributed by atoms with E-state index in [0.29, 0.717) is 0 Å². The Morgan fingerprint density at radius 3 is 3.12 bits per heavy atom. The Balaban J connectivity index is 2.01. The zero-order chi connectivity index (χ0) is 12.4. The third-order valence-corrected chi connectivity index (χ3v) is 4.91. The van der Waals surface area contributed by atoms with Crippen LogP contribution in [0.1, 0.15) is 18.3 Å². The molecule has 0 bridgehead atoms. The fraction of sp³-hybridized carbons (Fsp3) is 0.545. The molecular weight excluding hydrogens is 254 g/mol. The lowest BCUT2D eigenvalue weighted by molar-refractivity contribution is 0.639. The van der Waals surface area contributed by atoms with Crippen LogP contribution in [0.4, 0.5) is 0 Å². The zero-order valence-electron chi connectivity index (χ0n) is 10.3. The number of imidazole rings is 1. The molecule has 0 saturated heterocycles. The van der Waals surface area contributed by atoms with Gasteiger partial charge in [0, 0.05) is 47.0 Å². The Bertz CT molecular complexity index is 532. The number of aryl methyl sites for hydroxylation is 1. The van der Waals surface area contributed by atoms with E-state index < -0.39 is 10.8 Å². The summed E-state index contributed by atoms with van der Waals surface area (Å²) in [4.78, 5) is 5.52. The second-order valence-electron chi connectivity index (χ2n) is 4.14. The monoisotopic (exact) mass is 271 g/mol. The number of hydrogen-bond acceptors (Lipinski definition) is 4. The second-order valence-corrected chi connectivity index (χ2v) is 6.81. The summed E-state index contributed by atoms with van der Waals surface area (Å²) >= 11 is 1.64. The summed E-state index contributed by atoms with van der Waals surface area (Å²) in [5.74, 6) is 0. The normalized spacial score (nSPS) is 15.2. The molecule has 2 aromatic rings. The molecule has 2 unspecified atom stereocenters. The van der Waals surface area contributed by atoms with Crippen LogP contribution in [0.3, 0.4) is 0 Å². The maximum Gasteiger partial charge on any atom is 0.194 e. The van der Waals surface area contributed by atoms with Crippen molar-refractivity contribution in [1.29, 1.82) is 0 Å². The first-order chi connectivity index (χ1) is 8.09. The summed E-state index contributed by atoms with van der Waals surface area (Å²) < 4.78 is 13.3. The molecule has 0 aliphatic carbocycles. The van der Waals surface area contributed by atoms with Crippen molar-refractivity contribution in [2.45, 2.75) is 25.6 Å². The van der Waals surface area contributed by atoms with E-state index in [-0.39, 0.29) is 5.25 Å². The number of aromatic nitrogens is 2. The van der Waals surface area contributed by atoms with E-state index in [0.717, 1.165) is 23.7 Å². The highest BCUT2D eigenvalue weighted by Gasteiger charge is 2.10. The molecule has 0 aliphatic rings. The molecule has 2 aromatic heterocycles. The number of fused-ring (bicyclic) bond motifs is 1. The van der Waals surface area contributed by atoms with E-state index in [4.69, 9.17) is 0 Å². The van der Waals surface area contributed by atoms with Crippen molar-refractivity contribution in [3.05, 3.63) is 23.0 Å². The van der Waals surface area contributed by atoms with Crippen LogP contribution in [-0.4, -0.2) is 31.6 Å². The first-order valence-corrected chi connectivity index (χ1v) is 8.03. The molecule has 0 fully saturated rings. The quantitative estimate of drug-likeness (QED) is 0.898. The fourth-order valence-electron chi connectivity index (χ4n) is 1.66. The van der Waals surface area contributed by atoms with Crippen LogP contribution in [0.5, 0.6) is 0 Å². The highest BCUT2D eigenvalue weighted by atomic mass is 32.2. The van der Waals surface area contributed by atoms with Gasteiger partial charge < -0.3 is 5.32 Å². The molecule has 17 heavy (non-hydrogen) atoms. The number of thiazole rings is 1. The van der Waals surface area contributed by atoms with Gasteiger partial charge in [-0.1, -0.05) is 0 Å². The van der Waals surface area contributed by atoms with Gasteiger partial charge in [0.05, 0.1) is 11.4 Å². The topological polar surface area (TPSA) is 46.4 Å². The molecule has 0 aromatic carbocycles. The lowest BCUT2D eigenvalue weighted by atomic mass is 10.3. The molecule has 4 nitrogen and oxygen atoms in total. The molecule has 0 radical (unpaired) electrons. The molecule has 2 rings (SSSR count). The van der Waals surface area contributed by atoms with Gasteiger partial charge in [0.25, 0.3) is 0 Å². The molecular formula is C11H17N3OS2. The lowest BCUT2D eigenvalue weighted by Gasteiger charge is -2.09. The summed E-state index contributed by atoms with van der Waals surface area (Å²) in [6.07, 6.45) is 3.78. The number of nitrogens with one attached hydrogen (secondary N) is 1. The molecule has 1 N–H and O–H groups in total. The van der Waals surface area contributed by atoms with E-state index in [1.165, 1.54) is 5.69 Å². The van der Waals surface area contributed by atoms with E-state index in [1.807, 2.05) is 25.4 Å². The number of rotatable bonds is 5. The number of nitrogens with zero attached hydrogens (tertiary/aromatic N) is 2. The van der Waals surface area contributed by atoms with E-state index >= 15 is 0 Å². The van der Waals surface area contributed by atoms with Gasteiger partial charge in [-0.05, 0) is 13.8 Å². The Morgan fingerprint density at radius 2 is 2.41 bits per heavy atom. The van der Waals surface area contributed by atoms with Crippen molar-refractivity contribution >= 4 is 27.1 Å². The predicted molar refractivity (Wildman–Crippen MR) is 73.0 cm³/mol. The number of hydrogen-bond donors (Lipinski definition) is 1. The predicted octanol–water partition coefficient (Wildman–Crippen LogP) is 1.56. The van der Waals surface area contributed by atoms with Crippen molar-refractivity contribution < 1.29 is 4.21 Å². The molecule has 2 heterocycles. The van der Waals surface area contributed by atoms with Crippen LogP contribution in [0, 0.1) is 6.92 Å². The second kappa shape index (κ2) is 5.29. The minimum absolute atomic E-state index is 0.182. The minimum Gasteiger partial charge on any atom is -0.310 e. The molecule has 6 heteroatoms. The van der Waals surface area contributed by atoms with Crippen LogP contribution in [0.15, 0.2) is 11.6 Å².